The fraction of sp³-hybridized carbons (Fsp3) is 0.194. The highest BCUT2D eigenvalue weighted by atomic mass is 19.1. The van der Waals surface area contributed by atoms with Crippen LogP contribution in [0.2, 0.25) is 0 Å². The molecule has 0 radical (unpaired) electrons. The number of benzene rings is 2. The van der Waals surface area contributed by atoms with Crippen LogP contribution in [0.3, 0.4) is 0 Å². The lowest BCUT2D eigenvalue weighted by Gasteiger charge is -2.16. The molecule has 1 aliphatic carbocycles. The molecule has 4 aromatic rings. The molecular formula is C31H28FN5O3. The van der Waals surface area contributed by atoms with Crippen LogP contribution in [0.5, 0.6) is 11.5 Å². The molecule has 0 atom stereocenters. The van der Waals surface area contributed by atoms with Crippen molar-refractivity contribution in [1.82, 2.24) is 9.97 Å². The third-order valence-electron chi connectivity index (χ3n) is 6.75. The Balaban J connectivity index is 1.29. The average molecular weight is 538 g/mol. The Labute approximate surface area is 231 Å². The van der Waals surface area contributed by atoms with E-state index in [1.807, 2.05) is 38.1 Å². The van der Waals surface area contributed by atoms with E-state index in [-0.39, 0.29) is 17.3 Å². The van der Waals surface area contributed by atoms with Crippen LogP contribution in [0, 0.1) is 18.2 Å². The number of hydrogen-bond donors (Lipinski definition) is 2. The lowest BCUT2D eigenvalue weighted by atomic mass is 10.0. The van der Waals surface area contributed by atoms with Crippen molar-refractivity contribution in [3.63, 3.8) is 0 Å². The van der Waals surface area contributed by atoms with Crippen LogP contribution in [0.4, 0.5) is 15.8 Å². The Kier molecular flexibility index (Phi) is 7.37. The van der Waals surface area contributed by atoms with Gasteiger partial charge in [-0.15, -0.1) is 0 Å². The highest BCUT2D eigenvalue weighted by molar-refractivity contribution is 6.17. The lowest BCUT2D eigenvalue weighted by molar-refractivity contribution is -0.131. The van der Waals surface area contributed by atoms with Gasteiger partial charge in [-0.2, -0.15) is 0 Å². The predicted octanol–water partition coefficient (Wildman–Crippen LogP) is 6.22. The highest BCUT2D eigenvalue weighted by Gasteiger charge is 2.56. The molecule has 202 valence electrons. The van der Waals surface area contributed by atoms with Gasteiger partial charge in [-0.05, 0) is 69.2 Å². The van der Waals surface area contributed by atoms with Gasteiger partial charge in [0, 0.05) is 36.9 Å². The van der Waals surface area contributed by atoms with Crippen molar-refractivity contribution in [3.8, 4) is 11.5 Å². The molecule has 1 fully saturated rings. The number of halogens is 1. The number of fused-ring (bicyclic) bond motifs is 1. The van der Waals surface area contributed by atoms with E-state index >= 15 is 4.39 Å². The van der Waals surface area contributed by atoms with Crippen LogP contribution in [-0.4, -0.2) is 34.5 Å². The van der Waals surface area contributed by atoms with Crippen molar-refractivity contribution in [2.45, 2.75) is 26.7 Å². The van der Waals surface area contributed by atoms with Crippen LogP contribution in [0.1, 0.15) is 31.0 Å². The lowest BCUT2D eigenvalue weighted by Crippen LogP contribution is -2.35. The Bertz CT molecular complexity index is 1660. The topological polar surface area (TPSA) is 106 Å². The first-order valence-corrected chi connectivity index (χ1v) is 12.8. The molecule has 8 nitrogen and oxygen atoms in total. The fourth-order valence-corrected chi connectivity index (χ4v) is 4.28. The van der Waals surface area contributed by atoms with Crippen molar-refractivity contribution in [3.05, 3.63) is 96.2 Å². The molecule has 2 N–H and O–H groups in total. The number of nitrogens with one attached hydrogen (secondary N) is 2. The van der Waals surface area contributed by atoms with Gasteiger partial charge in [-0.25, -0.2) is 4.39 Å². The first-order valence-electron chi connectivity index (χ1n) is 12.8. The van der Waals surface area contributed by atoms with Gasteiger partial charge >= 0.3 is 0 Å². The predicted molar refractivity (Wildman–Crippen MR) is 153 cm³/mol. The maximum Gasteiger partial charge on any atom is 0.240 e. The van der Waals surface area contributed by atoms with E-state index in [0.717, 1.165) is 5.56 Å². The summed E-state index contributed by atoms with van der Waals surface area (Å²) in [4.78, 5) is 39.0. The number of pyridine rings is 2. The van der Waals surface area contributed by atoms with Crippen molar-refractivity contribution in [1.29, 1.82) is 0 Å². The summed E-state index contributed by atoms with van der Waals surface area (Å²) in [6.07, 6.45) is 7.76. The van der Waals surface area contributed by atoms with Crippen LogP contribution >= 0.6 is 0 Å². The SMILES string of the molecule is C/C=C\C(=N/C)c1cc2nccc(Oc3ccc(NC(=O)C4(C(=O)Nc5ccc(C)cc5)CC4)cc3F)c2cn1. The molecule has 2 aromatic carbocycles. The van der Waals surface area contributed by atoms with Gasteiger partial charge in [0.25, 0.3) is 0 Å². The van der Waals surface area contributed by atoms with E-state index < -0.39 is 17.1 Å². The van der Waals surface area contributed by atoms with E-state index in [1.165, 1.54) is 18.2 Å². The van der Waals surface area contributed by atoms with Crippen molar-refractivity contribution < 1.29 is 18.7 Å². The first kappa shape index (κ1) is 26.7. The van der Waals surface area contributed by atoms with Gasteiger partial charge in [-0.1, -0.05) is 23.8 Å². The number of carbonyl (C=O) groups excluding carboxylic acids is 2. The summed E-state index contributed by atoms with van der Waals surface area (Å²) < 4.78 is 20.9. The second kappa shape index (κ2) is 11.1. The number of carbonyl (C=O) groups is 2. The minimum absolute atomic E-state index is 0.0300. The van der Waals surface area contributed by atoms with Crippen LogP contribution < -0.4 is 15.4 Å². The number of ether oxygens (including phenoxy) is 1. The van der Waals surface area contributed by atoms with E-state index in [9.17, 15) is 9.59 Å². The van der Waals surface area contributed by atoms with Gasteiger partial charge in [0.15, 0.2) is 11.6 Å². The number of hydrogen-bond acceptors (Lipinski definition) is 6. The number of aryl methyl sites for hydroxylation is 1. The zero-order chi connectivity index (χ0) is 28.3. The minimum Gasteiger partial charge on any atom is -0.453 e. The summed E-state index contributed by atoms with van der Waals surface area (Å²) in [5, 5.41) is 6.09. The first-order chi connectivity index (χ1) is 19.3. The van der Waals surface area contributed by atoms with Crippen molar-refractivity contribution in [2.75, 3.05) is 17.7 Å². The van der Waals surface area contributed by atoms with Gasteiger partial charge in [-0.3, -0.25) is 24.5 Å². The van der Waals surface area contributed by atoms with Crippen LogP contribution in [0.25, 0.3) is 10.9 Å². The van der Waals surface area contributed by atoms with E-state index in [2.05, 4.69) is 25.6 Å². The maximum absolute atomic E-state index is 15.1. The largest absolute Gasteiger partial charge is 0.453 e. The molecule has 2 amide bonds. The molecule has 1 saturated carbocycles. The molecule has 9 heteroatoms. The van der Waals surface area contributed by atoms with Gasteiger partial charge in [0.2, 0.25) is 11.8 Å². The third-order valence-corrected chi connectivity index (χ3v) is 6.75. The summed E-state index contributed by atoms with van der Waals surface area (Å²) in [6, 6.07) is 14.9. The number of aliphatic imine (C=N–C) groups is 1. The van der Waals surface area contributed by atoms with Crippen molar-refractivity contribution >= 4 is 39.8 Å². The Hall–Kier alpha value is -4.92. The summed E-state index contributed by atoms with van der Waals surface area (Å²) in [6.45, 7) is 3.85. The minimum atomic E-state index is -1.17. The highest BCUT2D eigenvalue weighted by Crippen LogP contribution is 2.47. The summed E-state index contributed by atoms with van der Waals surface area (Å²) >= 11 is 0. The molecule has 2 heterocycles. The average Bonchev–Trinajstić information content (AvgIpc) is 3.77. The monoisotopic (exact) mass is 537 g/mol. The molecule has 0 aliphatic heterocycles. The van der Waals surface area contributed by atoms with Gasteiger partial charge in [0.1, 0.15) is 11.2 Å². The Morgan fingerprint density at radius 1 is 0.975 bits per heavy atom. The summed E-state index contributed by atoms with van der Waals surface area (Å²) in [5.41, 5.74) is 2.73. The fourth-order valence-electron chi connectivity index (χ4n) is 4.28. The second-order valence-corrected chi connectivity index (χ2v) is 9.61. The zero-order valence-corrected chi connectivity index (χ0v) is 22.4. The quantitative estimate of drug-likeness (QED) is 0.205. The Morgan fingerprint density at radius 2 is 1.68 bits per heavy atom. The smallest absolute Gasteiger partial charge is 0.240 e. The molecule has 0 unspecified atom stereocenters. The van der Waals surface area contributed by atoms with Crippen molar-refractivity contribution in [2.24, 2.45) is 10.4 Å². The molecule has 40 heavy (non-hydrogen) atoms. The van der Waals surface area contributed by atoms with E-state index in [0.29, 0.717) is 46.6 Å². The number of anilines is 2. The number of amides is 2. The second-order valence-electron chi connectivity index (χ2n) is 9.61. The molecule has 2 aromatic heterocycles. The van der Waals surface area contributed by atoms with E-state index in [1.54, 1.807) is 43.7 Å². The standard InChI is InChI=1S/C31H28FN5O3/c1-4-5-24(33-3)26-17-25-22(18-35-26)27(12-15-34-25)40-28-11-10-21(16-23(28)32)37-30(39)31(13-14-31)29(38)36-20-8-6-19(2)7-9-20/h4-12,15-18H,13-14H2,1-3H3,(H,36,38)(H,37,39)/b5-4-,33-24+. The van der Waals surface area contributed by atoms with Gasteiger partial charge < -0.3 is 15.4 Å². The van der Waals surface area contributed by atoms with E-state index in [4.69, 9.17) is 4.74 Å². The molecule has 1 aliphatic rings. The number of nitrogens with zero attached hydrogens (tertiary/aromatic N) is 3. The number of rotatable bonds is 8. The normalized spacial score (nSPS) is 14.2. The Morgan fingerprint density at radius 3 is 2.33 bits per heavy atom. The number of allylic oxidation sites excluding steroid dienone is 2. The third kappa shape index (κ3) is 5.44. The molecule has 5 rings (SSSR count). The van der Waals surface area contributed by atoms with Gasteiger partial charge in [0.05, 0.1) is 22.3 Å². The summed E-state index contributed by atoms with van der Waals surface area (Å²) in [5.74, 6) is -1.17. The maximum atomic E-state index is 15.1. The van der Waals surface area contributed by atoms with Crippen LogP contribution in [0.15, 0.2) is 84.1 Å². The molecular weight excluding hydrogens is 509 g/mol. The number of aromatic nitrogens is 2. The van der Waals surface area contributed by atoms with Crippen LogP contribution in [-0.2, 0) is 9.59 Å². The molecule has 0 bridgehead atoms. The molecule has 0 spiro atoms. The summed E-state index contributed by atoms with van der Waals surface area (Å²) in [7, 11) is 1.69. The molecule has 0 saturated heterocycles. The zero-order valence-electron chi connectivity index (χ0n) is 22.4.